The first-order valence-corrected chi connectivity index (χ1v) is 13.0. The highest BCUT2D eigenvalue weighted by Gasteiger charge is 2.30. The maximum atomic E-state index is 12.8. The number of Topliss-reactive ketones (excluding diaryl/α,β-unsaturated/α-hetero) is 1. The molecule has 0 bridgehead atoms. The molecule has 3 N–H and O–H groups in total. The van der Waals surface area contributed by atoms with Crippen molar-refractivity contribution in [2.75, 3.05) is 18.1 Å². The zero-order valence-corrected chi connectivity index (χ0v) is 21.6. The molecule has 0 spiro atoms. The Morgan fingerprint density at radius 3 is 2.33 bits per heavy atom. The fraction of sp³-hybridized carbons (Fsp3) is 0.417. The smallest absolute Gasteiger partial charge is 0.413 e. The van der Waals surface area contributed by atoms with Gasteiger partial charge >= 0.3 is 19.8 Å². The predicted octanol–water partition coefficient (Wildman–Crippen LogP) is 4.06. The van der Waals surface area contributed by atoms with E-state index in [2.05, 4.69) is 15.6 Å². The van der Waals surface area contributed by atoms with E-state index in [1.165, 1.54) is 19.2 Å². The molecule has 0 saturated heterocycles. The maximum absolute atomic E-state index is 12.8. The van der Waals surface area contributed by atoms with Crippen LogP contribution >= 0.6 is 7.60 Å². The number of amides is 2. The zero-order chi connectivity index (χ0) is 26.8. The summed E-state index contributed by atoms with van der Waals surface area (Å²) in [6.07, 6.45) is -0.947. The summed E-state index contributed by atoms with van der Waals surface area (Å²) in [5.41, 5.74) is 0.603. The van der Waals surface area contributed by atoms with E-state index in [0.29, 0.717) is 5.56 Å². The summed E-state index contributed by atoms with van der Waals surface area (Å²) in [5, 5.41) is 4.95. The second-order valence-corrected chi connectivity index (χ2v) is 10.7. The van der Waals surface area contributed by atoms with Crippen LogP contribution < -0.4 is 10.6 Å². The molecule has 36 heavy (non-hydrogen) atoms. The van der Waals surface area contributed by atoms with Crippen molar-refractivity contribution in [1.29, 1.82) is 0 Å². The monoisotopic (exact) mass is 521 g/mol. The van der Waals surface area contributed by atoms with Crippen molar-refractivity contribution in [2.24, 2.45) is 0 Å². The number of carbonyl (C=O) groups excluding carboxylic acids is 3. The van der Waals surface area contributed by atoms with Crippen molar-refractivity contribution < 1.29 is 37.8 Å². The Morgan fingerprint density at radius 2 is 1.75 bits per heavy atom. The molecule has 0 aliphatic carbocycles. The van der Waals surface area contributed by atoms with Crippen LogP contribution in [0.4, 0.5) is 15.4 Å². The van der Waals surface area contributed by atoms with Crippen molar-refractivity contribution in [3.05, 3.63) is 59.8 Å². The quantitative estimate of drug-likeness (QED) is 0.372. The summed E-state index contributed by atoms with van der Waals surface area (Å²) in [4.78, 5) is 51.1. The van der Waals surface area contributed by atoms with Gasteiger partial charge in [0.05, 0.1) is 12.6 Å². The lowest BCUT2D eigenvalue weighted by Gasteiger charge is -2.20. The maximum Gasteiger partial charge on any atom is 0.413 e. The number of ketones is 1. The van der Waals surface area contributed by atoms with Gasteiger partial charge in [-0.15, -0.1) is 0 Å². The Morgan fingerprint density at radius 1 is 1.06 bits per heavy atom. The topological polar surface area (TPSA) is 153 Å². The van der Waals surface area contributed by atoms with Gasteiger partial charge in [-0.25, -0.2) is 14.6 Å². The number of aromatic nitrogens is 1. The molecule has 2 unspecified atom stereocenters. The lowest BCUT2D eigenvalue weighted by molar-refractivity contribution is -0.118. The summed E-state index contributed by atoms with van der Waals surface area (Å²) < 4.78 is 27.3. The Labute approximate surface area is 210 Å². The van der Waals surface area contributed by atoms with Gasteiger partial charge < -0.3 is 24.2 Å². The fourth-order valence-electron chi connectivity index (χ4n) is 2.97. The molecule has 0 aliphatic rings. The second-order valence-electron chi connectivity index (χ2n) is 8.82. The van der Waals surface area contributed by atoms with E-state index < -0.39 is 43.4 Å². The van der Waals surface area contributed by atoms with E-state index >= 15 is 0 Å². The molecule has 1 aromatic carbocycles. The van der Waals surface area contributed by atoms with Gasteiger partial charge in [-0.05, 0) is 44.9 Å². The number of hydrogen-bond donors (Lipinski definition) is 3. The average Bonchev–Trinajstić information content (AvgIpc) is 2.77. The summed E-state index contributed by atoms with van der Waals surface area (Å²) in [6, 6.07) is 10.9. The minimum atomic E-state index is -4.17. The first kappa shape index (κ1) is 29.0. The highest BCUT2D eigenvalue weighted by atomic mass is 31.2. The average molecular weight is 522 g/mol. The standard InChI is InChI=1S/C24H32N3O8P/c1-5-34-36(31,32)16-20(28)19(26-22(29)33-15-17-9-7-6-8-10-17)13-18-11-12-21(25-14-18)27-23(30)35-24(2,3)4/h6-12,14,19H,5,13,15-16H2,1-4H3,(H,26,29)(H,31,32)(H,25,27,30). The van der Waals surface area contributed by atoms with E-state index in [-0.39, 0.29) is 25.5 Å². The molecule has 0 aliphatic heterocycles. The van der Waals surface area contributed by atoms with Crippen molar-refractivity contribution in [2.45, 2.75) is 52.4 Å². The third-order valence-electron chi connectivity index (χ3n) is 4.47. The van der Waals surface area contributed by atoms with Gasteiger partial charge in [-0.1, -0.05) is 36.4 Å². The number of ether oxygens (including phenoxy) is 2. The number of hydrogen-bond acceptors (Lipinski definition) is 8. The van der Waals surface area contributed by atoms with E-state index in [1.807, 2.05) is 6.07 Å². The molecule has 1 heterocycles. The van der Waals surface area contributed by atoms with Crippen molar-refractivity contribution >= 4 is 31.4 Å². The first-order chi connectivity index (χ1) is 16.9. The van der Waals surface area contributed by atoms with Gasteiger partial charge in [0.1, 0.15) is 24.2 Å². The zero-order valence-electron chi connectivity index (χ0n) is 20.7. The third-order valence-corrected chi connectivity index (χ3v) is 5.85. The van der Waals surface area contributed by atoms with Crippen LogP contribution in [-0.2, 0) is 36.4 Å². The van der Waals surface area contributed by atoms with Crippen LogP contribution in [0.1, 0.15) is 38.8 Å². The molecule has 1 aromatic heterocycles. The SMILES string of the molecule is CCOP(=O)(O)CC(=O)C(Cc1ccc(NC(=O)OC(C)(C)C)nc1)NC(=O)OCc1ccccc1. The van der Waals surface area contributed by atoms with Crippen LogP contribution in [-0.4, -0.2) is 52.3 Å². The normalized spacial score (nSPS) is 13.7. The molecule has 0 fully saturated rings. The molecule has 0 radical (unpaired) electrons. The van der Waals surface area contributed by atoms with Crippen LogP contribution in [0.5, 0.6) is 0 Å². The Hall–Kier alpha value is -3.27. The van der Waals surface area contributed by atoms with Crippen LogP contribution in [0, 0.1) is 0 Å². The second kappa shape index (κ2) is 13.2. The molecule has 2 atom stereocenters. The molecular weight excluding hydrogens is 489 g/mol. The summed E-state index contributed by atoms with van der Waals surface area (Å²) >= 11 is 0. The molecule has 196 valence electrons. The lowest BCUT2D eigenvalue weighted by atomic mass is 10.0. The number of carbonyl (C=O) groups is 3. The number of nitrogens with zero attached hydrogens (tertiary/aromatic N) is 1. The van der Waals surface area contributed by atoms with Gasteiger partial charge in [0, 0.05) is 12.6 Å². The largest absolute Gasteiger partial charge is 0.445 e. The molecular formula is C24H32N3O8P. The van der Waals surface area contributed by atoms with Gasteiger partial charge in [0.2, 0.25) is 0 Å². The Balaban J connectivity index is 2.08. The van der Waals surface area contributed by atoms with Crippen LogP contribution in [0.25, 0.3) is 0 Å². The molecule has 2 amide bonds. The molecule has 2 aromatic rings. The van der Waals surface area contributed by atoms with Gasteiger partial charge in [0.15, 0.2) is 5.78 Å². The van der Waals surface area contributed by atoms with Crippen molar-refractivity contribution in [1.82, 2.24) is 10.3 Å². The van der Waals surface area contributed by atoms with Crippen LogP contribution in [0.15, 0.2) is 48.7 Å². The number of rotatable bonds is 11. The van der Waals surface area contributed by atoms with Gasteiger partial charge in [0.25, 0.3) is 0 Å². The number of benzene rings is 1. The molecule has 0 saturated carbocycles. The van der Waals surface area contributed by atoms with Gasteiger partial charge in [-0.3, -0.25) is 14.7 Å². The highest BCUT2D eigenvalue weighted by Crippen LogP contribution is 2.41. The Bertz CT molecular complexity index is 1070. The van der Waals surface area contributed by atoms with E-state index in [4.69, 9.17) is 14.0 Å². The molecule has 11 nitrogen and oxygen atoms in total. The fourth-order valence-corrected chi connectivity index (χ4v) is 4.08. The first-order valence-electron chi connectivity index (χ1n) is 11.3. The van der Waals surface area contributed by atoms with Crippen LogP contribution in [0.2, 0.25) is 0 Å². The minimum absolute atomic E-state index is 0.0163. The summed E-state index contributed by atoms with van der Waals surface area (Å²) in [5.74, 6) is -0.482. The van der Waals surface area contributed by atoms with Crippen molar-refractivity contribution in [3.63, 3.8) is 0 Å². The lowest BCUT2D eigenvalue weighted by Crippen LogP contribution is -2.44. The van der Waals surface area contributed by atoms with Gasteiger partial charge in [-0.2, -0.15) is 0 Å². The van der Waals surface area contributed by atoms with E-state index in [9.17, 15) is 23.8 Å². The van der Waals surface area contributed by atoms with Crippen molar-refractivity contribution in [3.8, 4) is 0 Å². The predicted molar refractivity (Wildman–Crippen MR) is 133 cm³/mol. The molecule has 2 rings (SSSR count). The number of anilines is 1. The third kappa shape index (κ3) is 11.0. The summed E-state index contributed by atoms with van der Waals surface area (Å²) in [7, 11) is -4.17. The Kier molecular flexibility index (Phi) is 10.6. The number of nitrogens with one attached hydrogen (secondary N) is 2. The van der Waals surface area contributed by atoms with E-state index in [1.54, 1.807) is 51.1 Å². The molecule has 12 heteroatoms. The van der Waals surface area contributed by atoms with Crippen LogP contribution in [0.3, 0.4) is 0 Å². The van der Waals surface area contributed by atoms with E-state index in [0.717, 1.165) is 5.56 Å². The summed E-state index contributed by atoms with van der Waals surface area (Å²) in [6.45, 7) is 6.66. The number of alkyl carbamates (subject to hydrolysis) is 1. The minimum Gasteiger partial charge on any atom is -0.445 e. The number of pyridine rings is 1. The highest BCUT2D eigenvalue weighted by molar-refractivity contribution is 7.53.